The summed E-state index contributed by atoms with van der Waals surface area (Å²) in [6.45, 7) is 1.04. The van der Waals surface area contributed by atoms with Gasteiger partial charge in [-0.2, -0.15) is 0 Å². The van der Waals surface area contributed by atoms with Gasteiger partial charge in [0.25, 0.3) is 5.56 Å². The molecule has 0 amide bonds. The van der Waals surface area contributed by atoms with Crippen molar-refractivity contribution in [1.82, 2.24) is 14.5 Å². The Balaban J connectivity index is 1.72. The first kappa shape index (κ1) is 13.5. The molecule has 118 valence electrons. The fourth-order valence-corrected chi connectivity index (χ4v) is 3.38. The van der Waals surface area contributed by atoms with Crippen molar-refractivity contribution in [3.63, 3.8) is 0 Å². The normalized spacial score (nSPS) is 14.5. The van der Waals surface area contributed by atoms with Gasteiger partial charge < -0.3 is 9.55 Å². The molecular weight excluding hydrogens is 298 g/mol. The highest BCUT2D eigenvalue weighted by molar-refractivity contribution is 6.05. The van der Waals surface area contributed by atoms with E-state index in [0.29, 0.717) is 11.2 Å². The number of fused-ring (bicyclic) bond motifs is 3. The van der Waals surface area contributed by atoms with Crippen LogP contribution in [0.4, 0.5) is 0 Å². The molecule has 1 aliphatic carbocycles. The molecule has 2 aromatic heterocycles. The summed E-state index contributed by atoms with van der Waals surface area (Å²) in [6.07, 6.45) is 4.72. The topological polar surface area (TPSA) is 50.7 Å². The van der Waals surface area contributed by atoms with Crippen LogP contribution in [-0.4, -0.2) is 14.5 Å². The minimum Gasteiger partial charge on any atom is -0.347 e. The molecule has 0 radical (unpaired) electrons. The van der Waals surface area contributed by atoms with Gasteiger partial charge in [0.05, 0.1) is 10.9 Å². The molecular formula is C20H17N3O. The number of rotatable bonds is 3. The van der Waals surface area contributed by atoms with E-state index < -0.39 is 0 Å². The first-order valence-corrected chi connectivity index (χ1v) is 8.37. The van der Waals surface area contributed by atoms with Gasteiger partial charge in [-0.1, -0.05) is 30.3 Å². The minimum absolute atomic E-state index is 0.0753. The first-order chi connectivity index (χ1) is 11.8. The van der Waals surface area contributed by atoms with Crippen LogP contribution in [0.5, 0.6) is 0 Å². The second-order valence-corrected chi connectivity index (χ2v) is 6.58. The monoisotopic (exact) mass is 315 g/mol. The lowest BCUT2D eigenvalue weighted by Crippen LogP contribution is -2.10. The lowest BCUT2D eigenvalue weighted by atomic mass is 10.1. The average molecular weight is 315 g/mol. The van der Waals surface area contributed by atoms with Gasteiger partial charge in [0, 0.05) is 29.2 Å². The van der Waals surface area contributed by atoms with Gasteiger partial charge in [-0.3, -0.25) is 4.79 Å². The van der Waals surface area contributed by atoms with E-state index in [9.17, 15) is 4.79 Å². The second-order valence-electron chi connectivity index (χ2n) is 6.58. The van der Waals surface area contributed by atoms with Gasteiger partial charge in [0.2, 0.25) is 0 Å². The Morgan fingerprint density at radius 2 is 1.92 bits per heavy atom. The Bertz CT molecular complexity index is 1100. The molecule has 4 heteroatoms. The quantitative estimate of drug-likeness (QED) is 0.622. The van der Waals surface area contributed by atoms with E-state index in [1.807, 2.05) is 42.5 Å². The second kappa shape index (κ2) is 5.06. The standard InChI is InChI=1S/C20H17N3O/c24-20-18-15-10-11-23(12-13-6-7-13)17(15)9-8-16(18)21-19(22-20)14-4-2-1-3-5-14/h1-5,8-11,13H,6-7,12H2,(H,21,22,24). The number of hydrogen-bond donors (Lipinski definition) is 1. The minimum atomic E-state index is -0.0753. The lowest BCUT2D eigenvalue weighted by molar-refractivity contribution is 0.647. The van der Waals surface area contributed by atoms with Gasteiger partial charge in [-0.15, -0.1) is 0 Å². The van der Waals surface area contributed by atoms with Crippen molar-refractivity contribution < 1.29 is 0 Å². The van der Waals surface area contributed by atoms with E-state index in [4.69, 9.17) is 0 Å². The van der Waals surface area contributed by atoms with Crippen LogP contribution in [0.3, 0.4) is 0 Å². The summed E-state index contributed by atoms with van der Waals surface area (Å²) in [6, 6.07) is 15.8. The number of nitrogens with zero attached hydrogens (tertiary/aromatic N) is 2. The molecule has 5 rings (SSSR count). The highest BCUT2D eigenvalue weighted by Crippen LogP contribution is 2.33. The molecule has 1 saturated carbocycles. The summed E-state index contributed by atoms with van der Waals surface area (Å²) in [4.78, 5) is 20.3. The van der Waals surface area contributed by atoms with E-state index in [2.05, 4.69) is 26.8 Å². The fraction of sp³-hybridized carbons (Fsp3) is 0.200. The van der Waals surface area contributed by atoms with Gasteiger partial charge in [-0.05, 0) is 37.0 Å². The van der Waals surface area contributed by atoms with Crippen LogP contribution in [0.1, 0.15) is 12.8 Å². The Hall–Kier alpha value is -2.88. The van der Waals surface area contributed by atoms with Crippen molar-refractivity contribution in [3.05, 3.63) is 65.1 Å². The van der Waals surface area contributed by atoms with Crippen LogP contribution in [0.15, 0.2) is 59.5 Å². The van der Waals surface area contributed by atoms with Crippen LogP contribution in [0.25, 0.3) is 33.2 Å². The number of benzene rings is 2. The Morgan fingerprint density at radius 1 is 1.08 bits per heavy atom. The summed E-state index contributed by atoms with van der Waals surface area (Å²) >= 11 is 0. The highest BCUT2D eigenvalue weighted by Gasteiger charge is 2.22. The molecule has 0 atom stereocenters. The third-order valence-electron chi connectivity index (χ3n) is 4.82. The molecule has 4 nitrogen and oxygen atoms in total. The third kappa shape index (κ3) is 2.14. The lowest BCUT2D eigenvalue weighted by Gasteiger charge is -2.06. The Labute approximate surface area is 138 Å². The van der Waals surface area contributed by atoms with Crippen LogP contribution in [0, 0.1) is 5.92 Å². The molecule has 24 heavy (non-hydrogen) atoms. The van der Waals surface area contributed by atoms with Gasteiger partial charge in [0.1, 0.15) is 5.82 Å². The maximum atomic E-state index is 12.7. The van der Waals surface area contributed by atoms with Gasteiger partial charge in [0.15, 0.2) is 0 Å². The first-order valence-electron chi connectivity index (χ1n) is 8.37. The predicted molar refractivity (Wildman–Crippen MR) is 96.0 cm³/mol. The van der Waals surface area contributed by atoms with E-state index in [1.165, 1.54) is 12.8 Å². The largest absolute Gasteiger partial charge is 0.347 e. The summed E-state index contributed by atoms with van der Waals surface area (Å²) < 4.78 is 2.26. The molecule has 0 bridgehead atoms. The summed E-state index contributed by atoms with van der Waals surface area (Å²) in [5, 5.41) is 1.67. The van der Waals surface area contributed by atoms with E-state index in [0.717, 1.165) is 34.4 Å². The zero-order chi connectivity index (χ0) is 16.1. The molecule has 2 heterocycles. The maximum absolute atomic E-state index is 12.7. The van der Waals surface area contributed by atoms with E-state index in [1.54, 1.807) is 0 Å². The van der Waals surface area contributed by atoms with E-state index in [-0.39, 0.29) is 5.56 Å². The highest BCUT2D eigenvalue weighted by atomic mass is 16.1. The van der Waals surface area contributed by atoms with Crippen molar-refractivity contribution in [2.75, 3.05) is 0 Å². The predicted octanol–water partition coefficient (Wildman–Crippen LogP) is 3.95. The SMILES string of the molecule is O=c1[nH]c(-c2ccccc2)nc2ccc3c(ccn3CC3CC3)c12. The van der Waals surface area contributed by atoms with Crippen LogP contribution >= 0.6 is 0 Å². The van der Waals surface area contributed by atoms with Crippen molar-refractivity contribution >= 4 is 21.8 Å². The summed E-state index contributed by atoms with van der Waals surface area (Å²) in [7, 11) is 0. The smallest absolute Gasteiger partial charge is 0.259 e. The number of nitrogens with one attached hydrogen (secondary N) is 1. The van der Waals surface area contributed by atoms with Crippen molar-refractivity contribution in [1.29, 1.82) is 0 Å². The maximum Gasteiger partial charge on any atom is 0.259 e. The Morgan fingerprint density at radius 3 is 2.71 bits per heavy atom. The Kier molecular flexibility index (Phi) is 2.86. The van der Waals surface area contributed by atoms with Crippen molar-refractivity contribution in [2.24, 2.45) is 5.92 Å². The molecule has 0 saturated heterocycles. The van der Waals surface area contributed by atoms with Crippen LogP contribution < -0.4 is 5.56 Å². The molecule has 4 aromatic rings. The third-order valence-corrected chi connectivity index (χ3v) is 4.82. The summed E-state index contributed by atoms with van der Waals surface area (Å²) in [5.41, 5.74) is 2.71. The number of aromatic amines is 1. The van der Waals surface area contributed by atoms with Crippen LogP contribution in [-0.2, 0) is 6.54 Å². The molecule has 1 fully saturated rings. The zero-order valence-electron chi connectivity index (χ0n) is 13.2. The molecule has 0 spiro atoms. The average Bonchev–Trinajstić information content (AvgIpc) is 3.34. The molecule has 0 aliphatic heterocycles. The van der Waals surface area contributed by atoms with Gasteiger partial charge >= 0.3 is 0 Å². The van der Waals surface area contributed by atoms with E-state index >= 15 is 0 Å². The summed E-state index contributed by atoms with van der Waals surface area (Å²) in [5.74, 6) is 1.41. The van der Waals surface area contributed by atoms with Crippen molar-refractivity contribution in [2.45, 2.75) is 19.4 Å². The molecule has 1 N–H and O–H groups in total. The molecule has 2 aromatic carbocycles. The molecule has 1 aliphatic rings. The number of hydrogen-bond acceptors (Lipinski definition) is 2. The number of aromatic nitrogens is 3. The van der Waals surface area contributed by atoms with Gasteiger partial charge in [-0.25, -0.2) is 4.98 Å². The molecule has 0 unspecified atom stereocenters. The van der Waals surface area contributed by atoms with Crippen molar-refractivity contribution in [3.8, 4) is 11.4 Å². The fourth-order valence-electron chi connectivity index (χ4n) is 3.38. The zero-order valence-corrected chi connectivity index (χ0v) is 13.2. The number of H-pyrrole nitrogens is 1. The van der Waals surface area contributed by atoms with Crippen LogP contribution in [0.2, 0.25) is 0 Å².